The molecule has 1 heterocycles. The van der Waals surface area contributed by atoms with Crippen LogP contribution in [0.3, 0.4) is 0 Å². The maximum Gasteiger partial charge on any atom is 0.266 e. The van der Waals surface area contributed by atoms with Gasteiger partial charge >= 0.3 is 0 Å². The molecule has 0 unspecified atom stereocenters. The predicted molar refractivity (Wildman–Crippen MR) is 104 cm³/mol. The van der Waals surface area contributed by atoms with E-state index in [-0.39, 0.29) is 37.0 Å². The van der Waals surface area contributed by atoms with Crippen LogP contribution in [-0.4, -0.2) is 28.8 Å². The van der Waals surface area contributed by atoms with Crippen molar-refractivity contribution in [3.8, 4) is 17.0 Å². The Kier molecular flexibility index (Phi) is 6.39. The molecule has 2 aromatic carbocycles. The van der Waals surface area contributed by atoms with Crippen LogP contribution in [0.2, 0.25) is 5.02 Å². The van der Waals surface area contributed by atoms with Gasteiger partial charge < -0.3 is 10.1 Å². The number of hydrogen-bond donors (Lipinski definition) is 1. The molecule has 0 fully saturated rings. The topological polar surface area (TPSA) is 73.2 Å². The van der Waals surface area contributed by atoms with Crippen LogP contribution in [0.1, 0.15) is 0 Å². The van der Waals surface area contributed by atoms with Gasteiger partial charge in [-0.1, -0.05) is 23.7 Å². The van der Waals surface area contributed by atoms with Gasteiger partial charge in [0.2, 0.25) is 0 Å². The lowest BCUT2D eigenvalue weighted by molar-refractivity contribution is -0.123. The average Bonchev–Trinajstić information content (AvgIpc) is 2.69. The molecule has 1 aromatic heterocycles. The predicted octanol–water partition coefficient (Wildman–Crippen LogP) is 2.90. The van der Waals surface area contributed by atoms with Crippen molar-refractivity contribution < 1.29 is 13.9 Å². The Bertz CT molecular complexity index is 1020. The molecule has 0 aliphatic carbocycles. The Morgan fingerprint density at radius 2 is 1.86 bits per heavy atom. The fourth-order valence-electron chi connectivity index (χ4n) is 2.44. The lowest BCUT2D eigenvalue weighted by Crippen LogP contribution is -2.34. The zero-order valence-corrected chi connectivity index (χ0v) is 15.5. The molecule has 3 aromatic rings. The summed E-state index contributed by atoms with van der Waals surface area (Å²) in [5.74, 6) is -0.273. The SMILES string of the molecule is O=C(COc1ccccc1Cl)NCCn1nc(-c2ccc(F)cc2)ccc1=O. The third-order valence-corrected chi connectivity index (χ3v) is 4.16. The van der Waals surface area contributed by atoms with Crippen molar-refractivity contribution in [2.75, 3.05) is 13.2 Å². The Labute approximate surface area is 165 Å². The monoisotopic (exact) mass is 401 g/mol. The molecular formula is C20H17ClFN3O3. The van der Waals surface area contributed by atoms with E-state index >= 15 is 0 Å². The van der Waals surface area contributed by atoms with E-state index in [2.05, 4.69) is 10.4 Å². The highest BCUT2D eigenvalue weighted by Crippen LogP contribution is 2.22. The second kappa shape index (κ2) is 9.14. The molecule has 0 bridgehead atoms. The molecule has 0 aliphatic rings. The van der Waals surface area contributed by atoms with E-state index in [1.54, 1.807) is 42.5 Å². The van der Waals surface area contributed by atoms with Gasteiger partial charge in [-0.15, -0.1) is 0 Å². The Balaban J connectivity index is 1.55. The summed E-state index contributed by atoms with van der Waals surface area (Å²) in [7, 11) is 0. The van der Waals surface area contributed by atoms with Crippen LogP contribution in [0, 0.1) is 5.82 Å². The Morgan fingerprint density at radius 3 is 2.61 bits per heavy atom. The number of aromatic nitrogens is 2. The van der Waals surface area contributed by atoms with Crippen molar-refractivity contribution in [3.05, 3.63) is 81.9 Å². The summed E-state index contributed by atoms with van der Waals surface area (Å²) in [6, 6.07) is 15.6. The minimum Gasteiger partial charge on any atom is -0.482 e. The maximum atomic E-state index is 13.0. The maximum absolute atomic E-state index is 13.0. The molecule has 1 amide bonds. The quantitative estimate of drug-likeness (QED) is 0.660. The van der Waals surface area contributed by atoms with Crippen molar-refractivity contribution in [2.24, 2.45) is 0 Å². The Hall–Kier alpha value is -3.19. The first-order valence-electron chi connectivity index (χ1n) is 8.51. The van der Waals surface area contributed by atoms with E-state index in [9.17, 15) is 14.0 Å². The van der Waals surface area contributed by atoms with Gasteiger partial charge in [-0.25, -0.2) is 9.07 Å². The summed E-state index contributed by atoms with van der Waals surface area (Å²) in [5, 5.41) is 7.33. The number of carbonyl (C=O) groups excluding carboxylic acids is 1. The molecule has 8 heteroatoms. The summed E-state index contributed by atoms with van der Waals surface area (Å²) >= 11 is 5.96. The number of rotatable bonds is 7. The number of benzene rings is 2. The number of carbonyl (C=O) groups is 1. The van der Waals surface area contributed by atoms with Gasteiger partial charge in [-0.05, 0) is 42.5 Å². The van der Waals surface area contributed by atoms with Crippen molar-refractivity contribution in [3.63, 3.8) is 0 Å². The molecule has 28 heavy (non-hydrogen) atoms. The summed E-state index contributed by atoms with van der Waals surface area (Å²) in [5.41, 5.74) is 0.924. The zero-order chi connectivity index (χ0) is 19.9. The van der Waals surface area contributed by atoms with E-state index in [0.717, 1.165) is 0 Å². The summed E-state index contributed by atoms with van der Waals surface area (Å²) < 4.78 is 19.6. The highest BCUT2D eigenvalue weighted by atomic mass is 35.5. The first-order valence-corrected chi connectivity index (χ1v) is 8.89. The minimum atomic E-state index is -0.348. The molecule has 0 spiro atoms. The van der Waals surface area contributed by atoms with Gasteiger partial charge in [0.15, 0.2) is 6.61 Å². The number of hydrogen-bond acceptors (Lipinski definition) is 4. The van der Waals surface area contributed by atoms with Gasteiger partial charge in [-0.3, -0.25) is 9.59 Å². The van der Waals surface area contributed by atoms with E-state index in [0.29, 0.717) is 22.0 Å². The van der Waals surface area contributed by atoms with Crippen LogP contribution < -0.4 is 15.6 Å². The van der Waals surface area contributed by atoms with Gasteiger partial charge in [0.1, 0.15) is 11.6 Å². The smallest absolute Gasteiger partial charge is 0.266 e. The van der Waals surface area contributed by atoms with E-state index in [1.807, 2.05) is 0 Å². The first-order chi connectivity index (χ1) is 13.5. The molecule has 1 N–H and O–H groups in total. The molecule has 3 rings (SSSR count). The number of ether oxygens (including phenoxy) is 1. The van der Waals surface area contributed by atoms with E-state index < -0.39 is 0 Å². The number of halogens is 2. The Morgan fingerprint density at radius 1 is 1.11 bits per heavy atom. The van der Waals surface area contributed by atoms with Crippen LogP contribution in [0.15, 0.2) is 65.5 Å². The average molecular weight is 402 g/mol. The van der Waals surface area contributed by atoms with Crippen LogP contribution in [-0.2, 0) is 11.3 Å². The standard InChI is InChI=1S/C20H17ClFN3O3/c21-16-3-1-2-4-18(16)28-13-19(26)23-11-12-25-20(27)10-9-17(24-25)14-5-7-15(22)8-6-14/h1-10H,11-13H2,(H,23,26). The molecule has 0 saturated heterocycles. The van der Waals surface area contributed by atoms with Crippen molar-refractivity contribution in [2.45, 2.75) is 6.54 Å². The molecule has 0 saturated carbocycles. The van der Waals surface area contributed by atoms with Crippen LogP contribution in [0.4, 0.5) is 4.39 Å². The fourth-order valence-corrected chi connectivity index (χ4v) is 2.63. The van der Waals surface area contributed by atoms with Gasteiger partial charge in [0, 0.05) is 18.2 Å². The van der Waals surface area contributed by atoms with Crippen LogP contribution >= 0.6 is 11.6 Å². The molecule has 0 radical (unpaired) electrons. The highest BCUT2D eigenvalue weighted by molar-refractivity contribution is 6.32. The van der Waals surface area contributed by atoms with E-state index in [1.165, 1.54) is 22.9 Å². The third-order valence-electron chi connectivity index (χ3n) is 3.85. The minimum absolute atomic E-state index is 0.186. The first kappa shape index (κ1) is 19.6. The number of amides is 1. The molecule has 0 aliphatic heterocycles. The number of nitrogens with one attached hydrogen (secondary N) is 1. The van der Waals surface area contributed by atoms with Gasteiger partial charge in [0.05, 0.1) is 17.3 Å². The third kappa shape index (κ3) is 5.17. The van der Waals surface area contributed by atoms with Gasteiger partial charge in [-0.2, -0.15) is 5.10 Å². The van der Waals surface area contributed by atoms with Crippen LogP contribution in [0.5, 0.6) is 5.75 Å². The van der Waals surface area contributed by atoms with Crippen LogP contribution in [0.25, 0.3) is 11.3 Å². The second-order valence-electron chi connectivity index (χ2n) is 5.86. The molecule has 144 valence electrons. The highest BCUT2D eigenvalue weighted by Gasteiger charge is 2.07. The summed E-state index contributed by atoms with van der Waals surface area (Å²) in [4.78, 5) is 23.9. The number of para-hydroxylation sites is 1. The van der Waals surface area contributed by atoms with Crippen molar-refractivity contribution in [1.82, 2.24) is 15.1 Å². The van der Waals surface area contributed by atoms with Gasteiger partial charge in [0.25, 0.3) is 11.5 Å². The molecule has 0 atom stereocenters. The molecule has 6 nitrogen and oxygen atoms in total. The lowest BCUT2D eigenvalue weighted by atomic mass is 10.1. The molecular weight excluding hydrogens is 385 g/mol. The number of nitrogens with zero attached hydrogens (tertiary/aromatic N) is 2. The van der Waals surface area contributed by atoms with E-state index in [4.69, 9.17) is 16.3 Å². The normalized spacial score (nSPS) is 10.5. The summed E-state index contributed by atoms with van der Waals surface area (Å²) in [6.45, 7) is 0.192. The second-order valence-corrected chi connectivity index (χ2v) is 6.26. The zero-order valence-electron chi connectivity index (χ0n) is 14.8. The fraction of sp³-hybridized carbons (Fsp3) is 0.150. The van der Waals surface area contributed by atoms with Crippen molar-refractivity contribution in [1.29, 1.82) is 0 Å². The lowest BCUT2D eigenvalue weighted by Gasteiger charge is -2.10. The van der Waals surface area contributed by atoms with Crippen molar-refractivity contribution >= 4 is 17.5 Å². The summed E-state index contributed by atoms with van der Waals surface area (Å²) in [6.07, 6.45) is 0. The largest absolute Gasteiger partial charge is 0.482 e.